The van der Waals surface area contributed by atoms with Crippen LogP contribution in [0.3, 0.4) is 0 Å². The minimum atomic E-state index is -1.24. The molecule has 0 fully saturated rings. The van der Waals surface area contributed by atoms with Crippen molar-refractivity contribution in [2.45, 2.75) is 39.5 Å². The highest BCUT2D eigenvalue weighted by Crippen LogP contribution is 2.43. The average molecular weight is 424 g/mol. The van der Waals surface area contributed by atoms with Crippen molar-refractivity contribution in [3.05, 3.63) is 89.5 Å². The van der Waals surface area contributed by atoms with Gasteiger partial charge in [0, 0.05) is 14.6 Å². The predicted molar refractivity (Wildman–Crippen MR) is 128 cm³/mol. The maximum absolute atomic E-state index is 13.9. The molecule has 0 aromatic heterocycles. The molecular formula is C25H30NOPS. The average Bonchev–Trinajstić information content (AvgIpc) is 2.70. The summed E-state index contributed by atoms with van der Waals surface area (Å²) >= 11 is 0. The van der Waals surface area contributed by atoms with E-state index >= 15 is 0 Å². The van der Waals surface area contributed by atoms with Gasteiger partial charge in [-0.2, -0.15) is 4.08 Å². The molecule has 0 aliphatic rings. The number of rotatable bonds is 7. The van der Waals surface area contributed by atoms with E-state index in [0.29, 0.717) is 5.92 Å². The summed E-state index contributed by atoms with van der Waals surface area (Å²) < 4.78 is 16.1. The lowest BCUT2D eigenvalue weighted by atomic mass is 10.2. The van der Waals surface area contributed by atoms with Crippen LogP contribution in [0.15, 0.2) is 77.7 Å². The molecule has 0 bridgehead atoms. The third kappa shape index (κ3) is 5.22. The molecule has 1 atom stereocenters. The SMILES string of the molecule is Cc1ccc(S(=O)N(CC(C)C)P(c2ccccc2C)c2ccccc2C)cc1. The van der Waals surface area contributed by atoms with Gasteiger partial charge in [-0.1, -0.05) is 80.1 Å². The molecule has 0 amide bonds. The summed E-state index contributed by atoms with van der Waals surface area (Å²) in [6, 6.07) is 25.2. The summed E-state index contributed by atoms with van der Waals surface area (Å²) in [6.07, 6.45) is 0. The summed E-state index contributed by atoms with van der Waals surface area (Å²) in [5, 5.41) is 2.55. The van der Waals surface area contributed by atoms with Crippen molar-refractivity contribution in [2.75, 3.05) is 6.54 Å². The first-order chi connectivity index (χ1) is 13.9. The van der Waals surface area contributed by atoms with Crippen LogP contribution < -0.4 is 10.6 Å². The molecule has 0 aliphatic heterocycles. The molecule has 0 spiro atoms. The van der Waals surface area contributed by atoms with E-state index in [2.05, 4.69) is 87.2 Å². The van der Waals surface area contributed by atoms with Crippen molar-refractivity contribution in [1.82, 2.24) is 4.08 Å². The first-order valence-electron chi connectivity index (χ1n) is 10.1. The van der Waals surface area contributed by atoms with Crippen molar-refractivity contribution in [2.24, 2.45) is 5.92 Å². The van der Waals surface area contributed by atoms with Crippen LogP contribution in [0, 0.1) is 26.7 Å². The second-order valence-corrected chi connectivity index (χ2v) is 11.6. The summed E-state index contributed by atoms with van der Waals surface area (Å²) in [7, 11) is -2.16. The van der Waals surface area contributed by atoms with Crippen LogP contribution in [0.5, 0.6) is 0 Å². The van der Waals surface area contributed by atoms with Gasteiger partial charge in [-0.25, -0.2) is 4.21 Å². The van der Waals surface area contributed by atoms with Gasteiger partial charge >= 0.3 is 0 Å². The highest BCUT2D eigenvalue weighted by atomic mass is 32.2. The fourth-order valence-electron chi connectivity index (χ4n) is 3.28. The second kappa shape index (κ2) is 9.80. The van der Waals surface area contributed by atoms with E-state index < -0.39 is 19.1 Å². The fourth-order valence-corrected chi connectivity index (χ4v) is 8.24. The number of hydrogen-bond donors (Lipinski definition) is 0. The highest BCUT2D eigenvalue weighted by Gasteiger charge is 2.30. The van der Waals surface area contributed by atoms with Crippen molar-refractivity contribution < 1.29 is 4.21 Å². The smallest absolute Gasteiger partial charge is 0.131 e. The molecule has 0 saturated heterocycles. The van der Waals surface area contributed by atoms with Gasteiger partial charge in [0.05, 0.1) is 4.90 Å². The predicted octanol–water partition coefficient (Wildman–Crippen LogP) is 5.64. The first kappa shape index (κ1) is 21.9. The minimum Gasteiger partial charge on any atom is -0.237 e. The number of nitrogens with zero attached hydrogens (tertiary/aromatic N) is 1. The molecule has 0 heterocycles. The second-order valence-electron chi connectivity index (χ2n) is 7.88. The third-order valence-corrected chi connectivity index (χ3v) is 9.51. The van der Waals surface area contributed by atoms with Gasteiger partial charge in [-0.15, -0.1) is 0 Å². The van der Waals surface area contributed by atoms with Gasteiger partial charge < -0.3 is 0 Å². The molecule has 0 aliphatic carbocycles. The van der Waals surface area contributed by atoms with Crippen LogP contribution in [-0.2, 0) is 11.0 Å². The Hall–Kier alpha value is -1.80. The van der Waals surface area contributed by atoms with E-state index in [1.165, 1.54) is 27.3 Å². The van der Waals surface area contributed by atoms with Gasteiger partial charge in [-0.3, -0.25) is 0 Å². The van der Waals surface area contributed by atoms with Gasteiger partial charge in [0.2, 0.25) is 0 Å². The van der Waals surface area contributed by atoms with Gasteiger partial charge in [-0.05, 0) is 60.6 Å². The van der Waals surface area contributed by atoms with Crippen molar-refractivity contribution >= 4 is 29.7 Å². The summed E-state index contributed by atoms with van der Waals surface area (Å²) in [6.45, 7) is 11.5. The zero-order valence-corrected chi connectivity index (χ0v) is 19.6. The Morgan fingerprint density at radius 2 is 1.28 bits per heavy atom. The molecule has 0 N–H and O–H groups in total. The lowest BCUT2D eigenvalue weighted by Crippen LogP contribution is -2.34. The van der Waals surface area contributed by atoms with Crippen molar-refractivity contribution in [3.8, 4) is 0 Å². The Labute approximate surface area is 179 Å². The monoisotopic (exact) mass is 423 g/mol. The van der Waals surface area contributed by atoms with E-state index in [1.54, 1.807) is 0 Å². The fraction of sp³-hybridized carbons (Fsp3) is 0.280. The maximum Gasteiger partial charge on any atom is 0.131 e. The van der Waals surface area contributed by atoms with Gasteiger partial charge in [0.15, 0.2) is 0 Å². The van der Waals surface area contributed by atoms with E-state index in [-0.39, 0.29) is 0 Å². The van der Waals surface area contributed by atoms with E-state index in [9.17, 15) is 4.21 Å². The van der Waals surface area contributed by atoms with Crippen molar-refractivity contribution in [1.29, 1.82) is 0 Å². The molecule has 1 unspecified atom stereocenters. The molecular weight excluding hydrogens is 393 g/mol. The van der Waals surface area contributed by atoms with E-state index in [4.69, 9.17) is 0 Å². The van der Waals surface area contributed by atoms with E-state index in [0.717, 1.165) is 11.4 Å². The van der Waals surface area contributed by atoms with E-state index in [1.807, 2.05) is 24.3 Å². The standard InChI is InChI=1S/C25H30NOPS/c1-19(2)18-26(29(27)23-16-14-20(3)15-17-23)28(24-12-8-6-10-21(24)4)25-13-9-7-11-22(25)5/h6-17,19H,18H2,1-5H3. The molecule has 3 aromatic rings. The molecule has 0 saturated carbocycles. The van der Waals surface area contributed by atoms with Crippen LogP contribution in [0.1, 0.15) is 30.5 Å². The highest BCUT2D eigenvalue weighted by molar-refractivity contribution is 7.92. The topological polar surface area (TPSA) is 20.3 Å². The molecule has 3 rings (SSSR count). The lowest BCUT2D eigenvalue weighted by molar-refractivity contribution is 0.527. The molecule has 2 nitrogen and oxygen atoms in total. The molecule has 152 valence electrons. The molecule has 29 heavy (non-hydrogen) atoms. The minimum absolute atomic E-state index is 0.405. The zero-order valence-electron chi connectivity index (χ0n) is 17.9. The van der Waals surface area contributed by atoms with Crippen LogP contribution >= 0.6 is 8.07 Å². The molecule has 3 aromatic carbocycles. The zero-order chi connectivity index (χ0) is 21.0. The van der Waals surface area contributed by atoms with Crippen LogP contribution in [-0.4, -0.2) is 14.8 Å². The van der Waals surface area contributed by atoms with Gasteiger partial charge in [0.25, 0.3) is 0 Å². The quantitative estimate of drug-likeness (QED) is 0.450. The van der Waals surface area contributed by atoms with Crippen LogP contribution in [0.4, 0.5) is 0 Å². The Kier molecular flexibility index (Phi) is 7.40. The summed E-state index contributed by atoms with van der Waals surface area (Å²) in [5.41, 5.74) is 3.68. The Balaban J connectivity index is 2.18. The summed E-state index contributed by atoms with van der Waals surface area (Å²) in [5.74, 6) is 0.405. The van der Waals surface area contributed by atoms with Crippen LogP contribution in [0.25, 0.3) is 0 Å². The van der Waals surface area contributed by atoms with Gasteiger partial charge in [0.1, 0.15) is 11.0 Å². The summed E-state index contributed by atoms with van der Waals surface area (Å²) in [4.78, 5) is 0.867. The van der Waals surface area contributed by atoms with Crippen LogP contribution in [0.2, 0.25) is 0 Å². The Morgan fingerprint density at radius 3 is 1.72 bits per heavy atom. The first-order valence-corrected chi connectivity index (χ1v) is 12.5. The lowest BCUT2D eigenvalue weighted by Gasteiger charge is -2.34. The maximum atomic E-state index is 13.9. The number of hydrogen-bond acceptors (Lipinski definition) is 1. The Morgan fingerprint density at radius 1 is 0.793 bits per heavy atom. The third-order valence-electron chi connectivity index (χ3n) is 4.85. The largest absolute Gasteiger partial charge is 0.237 e. The molecule has 4 heteroatoms. The Bertz CT molecular complexity index is 939. The normalized spacial score (nSPS) is 12.7. The molecule has 0 radical (unpaired) electrons. The number of aryl methyl sites for hydroxylation is 3. The van der Waals surface area contributed by atoms with Crippen molar-refractivity contribution in [3.63, 3.8) is 0 Å². The number of benzene rings is 3.